The lowest BCUT2D eigenvalue weighted by Crippen LogP contribution is -2.10. The van der Waals surface area contributed by atoms with Gasteiger partial charge in [0.05, 0.1) is 0 Å². The zero-order chi connectivity index (χ0) is 10.2. The molecule has 0 aromatic carbocycles. The molecule has 1 amide bonds. The van der Waals surface area contributed by atoms with Crippen LogP contribution in [0.5, 0.6) is 0 Å². The maximum Gasteiger partial charge on any atom is 0.224 e. The van der Waals surface area contributed by atoms with E-state index < -0.39 is 0 Å². The van der Waals surface area contributed by atoms with Crippen molar-refractivity contribution in [3.05, 3.63) is 24.5 Å². The molecular weight excluding hydrogens is 244 g/mol. The molecule has 1 aromatic rings. The van der Waals surface area contributed by atoms with Crippen molar-refractivity contribution < 1.29 is 4.79 Å². The van der Waals surface area contributed by atoms with Gasteiger partial charge in [0.25, 0.3) is 0 Å². The Morgan fingerprint density at radius 3 is 2.71 bits per heavy atom. The maximum atomic E-state index is 11.3. The van der Waals surface area contributed by atoms with Crippen LogP contribution in [0.3, 0.4) is 0 Å². The van der Waals surface area contributed by atoms with E-state index in [2.05, 4.69) is 26.2 Å². The highest BCUT2D eigenvalue weighted by molar-refractivity contribution is 9.09. The number of nitrogens with one attached hydrogen (secondary N) is 1. The van der Waals surface area contributed by atoms with Gasteiger partial charge < -0.3 is 5.32 Å². The molecule has 4 heteroatoms. The third-order valence-corrected chi connectivity index (χ3v) is 2.31. The average Bonchev–Trinajstić information content (AvgIpc) is 2.20. The summed E-state index contributed by atoms with van der Waals surface area (Å²) < 4.78 is 0. The number of aromatic nitrogens is 1. The third-order valence-electron chi connectivity index (χ3n) is 1.75. The number of hydrogen-bond donors (Lipinski definition) is 1. The fourth-order valence-corrected chi connectivity index (χ4v) is 1.44. The van der Waals surface area contributed by atoms with Gasteiger partial charge in [0, 0.05) is 29.8 Å². The zero-order valence-corrected chi connectivity index (χ0v) is 9.46. The van der Waals surface area contributed by atoms with E-state index in [0.29, 0.717) is 6.42 Å². The highest BCUT2D eigenvalue weighted by Crippen LogP contribution is 2.05. The summed E-state index contributed by atoms with van der Waals surface area (Å²) in [6.07, 6.45) is 5.85. The van der Waals surface area contributed by atoms with E-state index in [1.807, 2.05) is 0 Å². The molecule has 0 radical (unpaired) electrons. The number of amides is 1. The molecule has 1 aromatic heterocycles. The lowest BCUT2D eigenvalue weighted by Gasteiger charge is -2.03. The molecule has 0 aliphatic rings. The average molecular weight is 257 g/mol. The molecular formula is C10H13BrN2O. The number of carbonyl (C=O) groups is 1. The predicted octanol–water partition coefficient (Wildman–Crippen LogP) is 2.59. The molecule has 0 unspecified atom stereocenters. The van der Waals surface area contributed by atoms with Crippen molar-refractivity contribution in [3.8, 4) is 0 Å². The number of halogens is 1. The molecule has 3 nitrogen and oxygen atoms in total. The van der Waals surface area contributed by atoms with Gasteiger partial charge >= 0.3 is 0 Å². The smallest absolute Gasteiger partial charge is 0.224 e. The number of alkyl halides is 1. The van der Waals surface area contributed by atoms with Gasteiger partial charge in [-0.2, -0.15) is 0 Å². The fourth-order valence-electron chi connectivity index (χ4n) is 1.04. The monoisotopic (exact) mass is 256 g/mol. The molecule has 0 aliphatic carbocycles. The van der Waals surface area contributed by atoms with E-state index in [4.69, 9.17) is 0 Å². The van der Waals surface area contributed by atoms with Crippen molar-refractivity contribution >= 4 is 27.5 Å². The van der Waals surface area contributed by atoms with Gasteiger partial charge in [-0.15, -0.1) is 0 Å². The molecule has 14 heavy (non-hydrogen) atoms. The van der Waals surface area contributed by atoms with E-state index >= 15 is 0 Å². The van der Waals surface area contributed by atoms with Gasteiger partial charge in [0.1, 0.15) is 0 Å². The van der Waals surface area contributed by atoms with Gasteiger partial charge in [-0.05, 0) is 25.0 Å². The SMILES string of the molecule is O=C(CCCCBr)Nc1ccncc1. The van der Waals surface area contributed by atoms with E-state index in [-0.39, 0.29) is 5.91 Å². The molecule has 1 heterocycles. The van der Waals surface area contributed by atoms with Crippen LogP contribution >= 0.6 is 15.9 Å². The first-order chi connectivity index (χ1) is 6.83. The molecule has 0 saturated carbocycles. The summed E-state index contributed by atoms with van der Waals surface area (Å²) in [6.45, 7) is 0. The van der Waals surface area contributed by atoms with Crippen molar-refractivity contribution in [2.24, 2.45) is 0 Å². The number of carbonyl (C=O) groups excluding carboxylic acids is 1. The second kappa shape index (κ2) is 6.54. The zero-order valence-electron chi connectivity index (χ0n) is 7.87. The predicted molar refractivity (Wildman–Crippen MR) is 60.5 cm³/mol. The number of unbranched alkanes of at least 4 members (excludes halogenated alkanes) is 1. The van der Waals surface area contributed by atoms with Crippen LogP contribution in [-0.2, 0) is 4.79 Å². The van der Waals surface area contributed by atoms with Gasteiger partial charge in [-0.25, -0.2) is 0 Å². The molecule has 0 aliphatic heterocycles. The standard InChI is InChI=1S/C10H13BrN2O/c11-6-2-1-3-10(14)13-9-4-7-12-8-5-9/h4-5,7-8H,1-3,6H2,(H,12,13,14). The second-order valence-electron chi connectivity index (χ2n) is 2.93. The van der Waals surface area contributed by atoms with Gasteiger partial charge in [0.15, 0.2) is 0 Å². The minimum Gasteiger partial charge on any atom is -0.326 e. The Morgan fingerprint density at radius 1 is 1.36 bits per heavy atom. The van der Waals surface area contributed by atoms with Crippen LogP contribution in [0.1, 0.15) is 19.3 Å². The van der Waals surface area contributed by atoms with Crippen molar-refractivity contribution in [3.63, 3.8) is 0 Å². The first kappa shape index (κ1) is 11.2. The van der Waals surface area contributed by atoms with Crippen molar-refractivity contribution in [2.45, 2.75) is 19.3 Å². The summed E-state index contributed by atoms with van der Waals surface area (Å²) in [5, 5.41) is 3.76. The van der Waals surface area contributed by atoms with E-state index in [0.717, 1.165) is 23.9 Å². The summed E-state index contributed by atoms with van der Waals surface area (Å²) in [7, 11) is 0. The Hall–Kier alpha value is -0.900. The normalized spacial score (nSPS) is 9.79. The molecule has 0 fully saturated rings. The summed E-state index contributed by atoms with van der Waals surface area (Å²) in [5.74, 6) is 0.0668. The number of anilines is 1. The highest BCUT2D eigenvalue weighted by Gasteiger charge is 2.00. The molecule has 0 atom stereocenters. The first-order valence-corrected chi connectivity index (χ1v) is 5.71. The Labute approximate surface area is 92.1 Å². The Bertz CT molecular complexity index is 277. The first-order valence-electron chi connectivity index (χ1n) is 4.59. The topological polar surface area (TPSA) is 42.0 Å². The second-order valence-corrected chi connectivity index (χ2v) is 3.72. The lowest BCUT2D eigenvalue weighted by atomic mass is 10.2. The summed E-state index contributed by atoms with van der Waals surface area (Å²) >= 11 is 3.33. The van der Waals surface area contributed by atoms with Gasteiger partial charge in [-0.1, -0.05) is 15.9 Å². The quantitative estimate of drug-likeness (QED) is 0.650. The van der Waals surface area contributed by atoms with Crippen molar-refractivity contribution in [1.82, 2.24) is 4.98 Å². The van der Waals surface area contributed by atoms with Gasteiger partial charge in [-0.3, -0.25) is 9.78 Å². The number of pyridine rings is 1. The van der Waals surface area contributed by atoms with Crippen LogP contribution in [0.2, 0.25) is 0 Å². The van der Waals surface area contributed by atoms with Crippen LogP contribution in [0, 0.1) is 0 Å². The molecule has 0 bridgehead atoms. The van der Waals surface area contributed by atoms with Crippen molar-refractivity contribution in [2.75, 3.05) is 10.6 Å². The van der Waals surface area contributed by atoms with Crippen LogP contribution in [0.25, 0.3) is 0 Å². The number of nitrogens with zero attached hydrogens (tertiary/aromatic N) is 1. The molecule has 0 saturated heterocycles. The Morgan fingerprint density at radius 2 is 2.07 bits per heavy atom. The minimum atomic E-state index is 0.0668. The number of rotatable bonds is 5. The molecule has 1 rings (SSSR count). The van der Waals surface area contributed by atoms with Crippen LogP contribution in [-0.4, -0.2) is 16.2 Å². The Kier molecular flexibility index (Phi) is 5.22. The van der Waals surface area contributed by atoms with E-state index in [1.165, 1.54) is 0 Å². The minimum absolute atomic E-state index is 0.0668. The third kappa shape index (κ3) is 4.37. The summed E-state index contributed by atoms with van der Waals surface area (Å²) in [5.41, 5.74) is 0.809. The molecule has 1 N–H and O–H groups in total. The summed E-state index contributed by atoms with van der Waals surface area (Å²) in [6, 6.07) is 3.56. The maximum absolute atomic E-state index is 11.3. The van der Waals surface area contributed by atoms with E-state index in [9.17, 15) is 4.79 Å². The number of hydrogen-bond acceptors (Lipinski definition) is 2. The fraction of sp³-hybridized carbons (Fsp3) is 0.400. The highest BCUT2D eigenvalue weighted by atomic mass is 79.9. The largest absolute Gasteiger partial charge is 0.326 e. The molecule has 76 valence electrons. The van der Waals surface area contributed by atoms with Crippen LogP contribution in [0.15, 0.2) is 24.5 Å². The van der Waals surface area contributed by atoms with Crippen LogP contribution in [0.4, 0.5) is 5.69 Å². The lowest BCUT2D eigenvalue weighted by molar-refractivity contribution is -0.116. The Balaban J connectivity index is 2.27. The molecule has 0 spiro atoms. The summed E-state index contributed by atoms with van der Waals surface area (Å²) in [4.78, 5) is 15.2. The van der Waals surface area contributed by atoms with Gasteiger partial charge in [0.2, 0.25) is 5.91 Å². The van der Waals surface area contributed by atoms with Crippen molar-refractivity contribution in [1.29, 1.82) is 0 Å². The van der Waals surface area contributed by atoms with E-state index in [1.54, 1.807) is 24.5 Å². The van der Waals surface area contributed by atoms with Crippen LogP contribution < -0.4 is 5.32 Å².